The molecule has 0 atom stereocenters. The first-order valence-corrected chi connectivity index (χ1v) is 5.84. The molecule has 19 heavy (non-hydrogen) atoms. The molecule has 0 spiro atoms. The zero-order valence-corrected chi connectivity index (χ0v) is 10.7. The third-order valence-electron chi connectivity index (χ3n) is 2.49. The maximum Gasteiger partial charge on any atom is 0.375 e. The van der Waals surface area contributed by atoms with Gasteiger partial charge in [0.05, 0.1) is 22.3 Å². The van der Waals surface area contributed by atoms with Gasteiger partial charge in [0.15, 0.2) is 0 Å². The third-order valence-corrected chi connectivity index (χ3v) is 2.80. The molecular formula is C12H9ClN4O2. The highest BCUT2D eigenvalue weighted by Gasteiger charge is 2.17. The van der Waals surface area contributed by atoms with E-state index in [1.54, 1.807) is 18.2 Å². The van der Waals surface area contributed by atoms with Gasteiger partial charge in [-0.15, -0.1) is 5.10 Å². The van der Waals surface area contributed by atoms with Gasteiger partial charge in [-0.05, 0) is 18.2 Å². The number of aryl methyl sites for hydroxylation is 1. The summed E-state index contributed by atoms with van der Waals surface area (Å²) in [7, 11) is 0. The summed E-state index contributed by atoms with van der Waals surface area (Å²) in [5.41, 5.74) is 0.853. The van der Waals surface area contributed by atoms with Crippen LogP contribution in [-0.4, -0.2) is 25.8 Å². The number of nitriles is 1. The minimum absolute atomic E-state index is 0.296. The number of aromatic carboxylic acids is 1. The lowest BCUT2D eigenvalue weighted by Crippen LogP contribution is -2.04. The molecule has 0 aliphatic heterocycles. The number of hydrogen-bond acceptors (Lipinski definition) is 4. The van der Waals surface area contributed by atoms with Crippen LogP contribution in [0.15, 0.2) is 18.2 Å². The highest BCUT2D eigenvalue weighted by Crippen LogP contribution is 2.22. The van der Waals surface area contributed by atoms with E-state index < -0.39 is 5.97 Å². The number of carbonyl (C=O) groups is 1. The highest BCUT2D eigenvalue weighted by molar-refractivity contribution is 6.32. The second kappa shape index (κ2) is 5.08. The number of benzene rings is 1. The van der Waals surface area contributed by atoms with Crippen LogP contribution in [0.2, 0.25) is 5.02 Å². The molecule has 7 heteroatoms. The summed E-state index contributed by atoms with van der Waals surface area (Å²) in [4.78, 5) is 14.8. The molecule has 0 amide bonds. The molecule has 0 aliphatic carbocycles. The second-order valence-corrected chi connectivity index (χ2v) is 4.11. The number of nitrogens with zero attached hydrogens (tertiary/aromatic N) is 4. The van der Waals surface area contributed by atoms with E-state index in [2.05, 4.69) is 10.1 Å². The summed E-state index contributed by atoms with van der Waals surface area (Å²) in [5.74, 6) is -1.04. The quantitative estimate of drug-likeness (QED) is 0.926. The molecule has 0 saturated heterocycles. The average molecular weight is 277 g/mol. The Morgan fingerprint density at radius 1 is 1.58 bits per heavy atom. The van der Waals surface area contributed by atoms with Crippen molar-refractivity contribution in [2.24, 2.45) is 0 Å². The number of aromatic nitrogens is 3. The molecule has 1 aromatic carbocycles. The molecule has 0 aliphatic rings. The minimum atomic E-state index is -1.21. The van der Waals surface area contributed by atoms with Crippen LogP contribution < -0.4 is 0 Å². The Balaban J connectivity index is 2.64. The van der Waals surface area contributed by atoms with Crippen molar-refractivity contribution in [2.75, 3.05) is 0 Å². The molecule has 6 nitrogen and oxygen atoms in total. The van der Waals surface area contributed by atoms with Crippen molar-refractivity contribution in [3.8, 4) is 11.8 Å². The Labute approximate surface area is 113 Å². The third kappa shape index (κ3) is 2.41. The molecule has 2 rings (SSSR count). The standard InChI is InChI=1S/C12H9ClN4O2/c1-2-10-15-11(12(18)19)16-17(10)9-5-7(6-14)3-4-8(9)13/h3-5H,2H2,1H3,(H,18,19). The van der Waals surface area contributed by atoms with Gasteiger partial charge in [-0.2, -0.15) is 5.26 Å². The molecule has 0 radical (unpaired) electrons. The Hall–Kier alpha value is -2.39. The summed E-state index contributed by atoms with van der Waals surface area (Å²) in [6, 6.07) is 6.68. The summed E-state index contributed by atoms with van der Waals surface area (Å²) >= 11 is 6.06. The maximum atomic E-state index is 10.9. The van der Waals surface area contributed by atoms with Crippen LogP contribution in [0.4, 0.5) is 0 Å². The molecule has 1 N–H and O–H groups in total. The molecule has 1 heterocycles. The lowest BCUT2D eigenvalue weighted by Gasteiger charge is -2.06. The van der Waals surface area contributed by atoms with Gasteiger partial charge in [0.2, 0.25) is 0 Å². The molecular weight excluding hydrogens is 268 g/mol. The monoisotopic (exact) mass is 276 g/mol. The molecule has 2 aromatic rings. The van der Waals surface area contributed by atoms with Gasteiger partial charge in [-0.3, -0.25) is 0 Å². The summed E-state index contributed by atoms with van der Waals surface area (Å²) in [6.45, 7) is 1.83. The Morgan fingerprint density at radius 3 is 2.89 bits per heavy atom. The number of carboxylic acid groups (broad SMARTS) is 1. The van der Waals surface area contributed by atoms with Crippen molar-refractivity contribution >= 4 is 17.6 Å². The summed E-state index contributed by atoms with van der Waals surface area (Å²) in [5, 5.41) is 22.1. The van der Waals surface area contributed by atoms with E-state index in [0.717, 1.165) is 0 Å². The molecule has 0 unspecified atom stereocenters. The number of hydrogen-bond donors (Lipinski definition) is 1. The van der Waals surface area contributed by atoms with Gasteiger partial charge in [0.1, 0.15) is 5.82 Å². The van der Waals surface area contributed by atoms with Crippen LogP contribution in [0.5, 0.6) is 0 Å². The predicted molar refractivity (Wildman–Crippen MR) is 67.4 cm³/mol. The first kappa shape index (κ1) is 13.1. The van der Waals surface area contributed by atoms with Crippen LogP contribution in [-0.2, 0) is 6.42 Å². The maximum absolute atomic E-state index is 10.9. The predicted octanol–water partition coefficient (Wildman–Crippen LogP) is 2.05. The van der Waals surface area contributed by atoms with E-state index in [9.17, 15) is 4.79 Å². The Kier molecular flexibility index (Phi) is 3.49. The van der Waals surface area contributed by atoms with Crippen molar-refractivity contribution < 1.29 is 9.90 Å². The van der Waals surface area contributed by atoms with Crippen LogP contribution in [0.25, 0.3) is 5.69 Å². The van der Waals surface area contributed by atoms with Gasteiger partial charge in [0.25, 0.3) is 5.82 Å². The smallest absolute Gasteiger partial charge is 0.375 e. The van der Waals surface area contributed by atoms with Gasteiger partial charge in [-0.1, -0.05) is 18.5 Å². The molecule has 1 aromatic heterocycles. The Morgan fingerprint density at radius 2 is 2.32 bits per heavy atom. The van der Waals surface area contributed by atoms with Crippen LogP contribution in [0, 0.1) is 11.3 Å². The van der Waals surface area contributed by atoms with E-state index in [-0.39, 0.29) is 5.82 Å². The topological polar surface area (TPSA) is 91.8 Å². The summed E-state index contributed by atoms with van der Waals surface area (Å²) in [6.07, 6.45) is 0.493. The van der Waals surface area contributed by atoms with Crippen molar-refractivity contribution in [1.82, 2.24) is 14.8 Å². The minimum Gasteiger partial charge on any atom is -0.475 e. The fourth-order valence-electron chi connectivity index (χ4n) is 1.60. The van der Waals surface area contributed by atoms with Crippen LogP contribution >= 0.6 is 11.6 Å². The molecule has 0 saturated carbocycles. The van der Waals surface area contributed by atoms with E-state index in [1.165, 1.54) is 4.68 Å². The van der Waals surface area contributed by atoms with Crippen molar-refractivity contribution in [3.05, 3.63) is 40.4 Å². The molecule has 0 bridgehead atoms. The largest absolute Gasteiger partial charge is 0.475 e. The zero-order valence-electron chi connectivity index (χ0n) is 9.96. The zero-order chi connectivity index (χ0) is 14.0. The normalized spacial score (nSPS) is 10.2. The molecule has 96 valence electrons. The fraction of sp³-hybridized carbons (Fsp3) is 0.167. The van der Waals surface area contributed by atoms with Gasteiger partial charge in [0, 0.05) is 6.42 Å². The number of carboxylic acids is 1. The van der Waals surface area contributed by atoms with Crippen molar-refractivity contribution in [3.63, 3.8) is 0 Å². The van der Waals surface area contributed by atoms with Crippen LogP contribution in [0.1, 0.15) is 28.9 Å². The second-order valence-electron chi connectivity index (χ2n) is 3.70. The fourth-order valence-corrected chi connectivity index (χ4v) is 1.80. The Bertz CT molecular complexity index is 688. The number of halogens is 1. The number of rotatable bonds is 3. The van der Waals surface area contributed by atoms with E-state index in [4.69, 9.17) is 22.0 Å². The van der Waals surface area contributed by atoms with Crippen molar-refractivity contribution in [2.45, 2.75) is 13.3 Å². The highest BCUT2D eigenvalue weighted by atomic mass is 35.5. The van der Waals surface area contributed by atoms with E-state index in [1.807, 2.05) is 13.0 Å². The molecule has 0 fully saturated rings. The SMILES string of the molecule is CCc1nc(C(=O)O)nn1-c1cc(C#N)ccc1Cl. The van der Waals surface area contributed by atoms with Crippen LogP contribution in [0.3, 0.4) is 0 Å². The summed E-state index contributed by atoms with van der Waals surface area (Å²) < 4.78 is 1.35. The van der Waals surface area contributed by atoms with Crippen molar-refractivity contribution in [1.29, 1.82) is 5.26 Å². The van der Waals surface area contributed by atoms with Gasteiger partial charge < -0.3 is 5.11 Å². The first-order chi connectivity index (χ1) is 9.06. The average Bonchev–Trinajstić information content (AvgIpc) is 2.83. The van der Waals surface area contributed by atoms with Gasteiger partial charge in [-0.25, -0.2) is 14.5 Å². The van der Waals surface area contributed by atoms with E-state index >= 15 is 0 Å². The lowest BCUT2D eigenvalue weighted by molar-refractivity contribution is 0.0683. The van der Waals surface area contributed by atoms with Gasteiger partial charge >= 0.3 is 5.97 Å². The first-order valence-electron chi connectivity index (χ1n) is 5.46. The lowest BCUT2D eigenvalue weighted by atomic mass is 10.2. The van der Waals surface area contributed by atoms with E-state index in [0.29, 0.717) is 28.5 Å².